The number of ether oxygens (including phenoxy) is 3. The Kier molecular flexibility index (Phi) is 7.57. The molecular weight excluding hydrogens is 348 g/mol. The van der Waals surface area contributed by atoms with Crippen molar-refractivity contribution >= 4 is 11.9 Å². The number of likely N-dealkylation sites (tertiary alicyclic amines) is 1. The molecule has 1 unspecified atom stereocenters. The number of hydrogen-bond donors (Lipinski definition) is 2. The van der Waals surface area contributed by atoms with Crippen LogP contribution in [-0.4, -0.2) is 64.3 Å². The van der Waals surface area contributed by atoms with E-state index in [4.69, 9.17) is 14.2 Å². The molecule has 0 saturated carbocycles. The standard InChI is InChI=1S/C19H30N4O4/c1-6-17(24)23-8-7-14(12-23)22-19(20-2)21-11-13-9-15(25-3)18(27-5)16(10-13)26-4/h9-10,14H,6-8,11-12H2,1-5H3,(H2,20,21,22). The molecule has 0 bridgehead atoms. The molecule has 8 heteroatoms. The lowest BCUT2D eigenvalue weighted by atomic mass is 10.2. The van der Waals surface area contributed by atoms with E-state index in [1.807, 2.05) is 24.0 Å². The zero-order valence-electron chi connectivity index (χ0n) is 16.8. The van der Waals surface area contributed by atoms with Crippen LogP contribution in [0.1, 0.15) is 25.3 Å². The van der Waals surface area contributed by atoms with Crippen molar-refractivity contribution in [2.45, 2.75) is 32.4 Å². The summed E-state index contributed by atoms with van der Waals surface area (Å²) in [4.78, 5) is 18.0. The van der Waals surface area contributed by atoms with E-state index in [1.165, 1.54) is 0 Å². The van der Waals surface area contributed by atoms with Gasteiger partial charge in [0, 0.05) is 39.1 Å². The molecule has 8 nitrogen and oxygen atoms in total. The summed E-state index contributed by atoms with van der Waals surface area (Å²) >= 11 is 0. The molecule has 1 heterocycles. The Morgan fingerprint density at radius 2 is 1.89 bits per heavy atom. The number of rotatable bonds is 7. The maximum Gasteiger partial charge on any atom is 0.222 e. The Morgan fingerprint density at radius 1 is 1.22 bits per heavy atom. The minimum atomic E-state index is 0.194. The number of methoxy groups -OCH3 is 3. The Bertz CT molecular complexity index is 653. The fourth-order valence-electron chi connectivity index (χ4n) is 3.14. The van der Waals surface area contributed by atoms with E-state index in [9.17, 15) is 4.79 Å². The van der Waals surface area contributed by atoms with Gasteiger partial charge in [-0.2, -0.15) is 0 Å². The van der Waals surface area contributed by atoms with Crippen LogP contribution in [0.3, 0.4) is 0 Å². The number of carbonyl (C=O) groups excluding carboxylic acids is 1. The van der Waals surface area contributed by atoms with Gasteiger partial charge in [-0.15, -0.1) is 0 Å². The average Bonchev–Trinajstić information content (AvgIpc) is 3.17. The number of hydrogen-bond acceptors (Lipinski definition) is 5. The molecule has 1 aromatic carbocycles. The first-order valence-electron chi connectivity index (χ1n) is 9.10. The molecule has 0 aromatic heterocycles. The Balaban J connectivity index is 1.97. The van der Waals surface area contributed by atoms with Gasteiger partial charge in [-0.1, -0.05) is 6.92 Å². The molecule has 1 fully saturated rings. The average molecular weight is 378 g/mol. The molecule has 0 spiro atoms. The molecule has 0 radical (unpaired) electrons. The Labute approximate surface area is 160 Å². The summed E-state index contributed by atoms with van der Waals surface area (Å²) < 4.78 is 16.1. The van der Waals surface area contributed by atoms with Gasteiger partial charge in [0.25, 0.3) is 0 Å². The quantitative estimate of drug-likeness (QED) is 0.551. The van der Waals surface area contributed by atoms with E-state index in [0.717, 1.165) is 18.5 Å². The van der Waals surface area contributed by atoms with E-state index >= 15 is 0 Å². The molecule has 1 aromatic rings. The van der Waals surface area contributed by atoms with Crippen LogP contribution in [0, 0.1) is 0 Å². The first-order chi connectivity index (χ1) is 13.1. The van der Waals surface area contributed by atoms with Gasteiger partial charge in [0.1, 0.15) is 0 Å². The van der Waals surface area contributed by atoms with Crippen LogP contribution in [0.2, 0.25) is 0 Å². The molecule has 1 amide bonds. The number of aliphatic imine (C=N–C) groups is 1. The highest BCUT2D eigenvalue weighted by Crippen LogP contribution is 2.38. The van der Waals surface area contributed by atoms with Gasteiger partial charge in [0.05, 0.1) is 21.3 Å². The molecule has 1 saturated heterocycles. The highest BCUT2D eigenvalue weighted by molar-refractivity contribution is 5.80. The van der Waals surface area contributed by atoms with E-state index < -0.39 is 0 Å². The lowest BCUT2D eigenvalue weighted by Gasteiger charge is -2.19. The SMILES string of the molecule is CCC(=O)N1CCC(NC(=NC)NCc2cc(OC)c(OC)c(OC)c2)C1. The van der Waals surface area contributed by atoms with Gasteiger partial charge in [0.2, 0.25) is 11.7 Å². The minimum Gasteiger partial charge on any atom is -0.493 e. The topological polar surface area (TPSA) is 84.4 Å². The van der Waals surface area contributed by atoms with Crippen molar-refractivity contribution in [2.75, 3.05) is 41.5 Å². The third-order valence-electron chi connectivity index (χ3n) is 4.59. The number of nitrogens with one attached hydrogen (secondary N) is 2. The molecular formula is C19H30N4O4. The smallest absolute Gasteiger partial charge is 0.222 e. The minimum absolute atomic E-state index is 0.194. The van der Waals surface area contributed by atoms with E-state index in [1.54, 1.807) is 28.4 Å². The Hall–Kier alpha value is -2.64. The first kappa shape index (κ1) is 20.7. The maximum absolute atomic E-state index is 11.8. The van der Waals surface area contributed by atoms with Crippen molar-refractivity contribution in [2.24, 2.45) is 4.99 Å². The van der Waals surface area contributed by atoms with Crippen LogP contribution in [0.4, 0.5) is 0 Å². The van der Waals surface area contributed by atoms with Gasteiger partial charge in [0.15, 0.2) is 17.5 Å². The van der Waals surface area contributed by atoms with Crippen LogP contribution in [-0.2, 0) is 11.3 Å². The molecule has 2 rings (SSSR count). The van der Waals surface area contributed by atoms with E-state index in [-0.39, 0.29) is 11.9 Å². The molecule has 27 heavy (non-hydrogen) atoms. The second-order valence-electron chi connectivity index (χ2n) is 6.28. The molecule has 150 valence electrons. The van der Waals surface area contributed by atoms with Crippen molar-refractivity contribution < 1.29 is 19.0 Å². The molecule has 1 aliphatic rings. The predicted octanol–water partition coefficient (Wildman–Crippen LogP) is 1.39. The van der Waals surface area contributed by atoms with Crippen LogP contribution in [0.25, 0.3) is 0 Å². The number of amides is 1. The molecule has 1 atom stereocenters. The van der Waals surface area contributed by atoms with Crippen molar-refractivity contribution in [3.05, 3.63) is 17.7 Å². The molecule has 1 aliphatic heterocycles. The van der Waals surface area contributed by atoms with Crippen molar-refractivity contribution in [3.63, 3.8) is 0 Å². The zero-order valence-corrected chi connectivity index (χ0v) is 16.8. The summed E-state index contributed by atoms with van der Waals surface area (Å²) in [5.41, 5.74) is 0.974. The number of guanidine groups is 1. The molecule has 0 aliphatic carbocycles. The normalized spacial score (nSPS) is 16.9. The fraction of sp³-hybridized carbons (Fsp3) is 0.579. The van der Waals surface area contributed by atoms with Crippen molar-refractivity contribution in [1.29, 1.82) is 0 Å². The summed E-state index contributed by atoms with van der Waals surface area (Å²) in [5, 5.41) is 6.68. The summed E-state index contributed by atoms with van der Waals surface area (Å²) in [7, 11) is 6.50. The van der Waals surface area contributed by atoms with Crippen molar-refractivity contribution in [1.82, 2.24) is 15.5 Å². The van der Waals surface area contributed by atoms with Crippen LogP contribution in [0.5, 0.6) is 17.2 Å². The van der Waals surface area contributed by atoms with Crippen LogP contribution >= 0.6 is 0 Å². The van der Waals surface area contributed by atoms with Crippen LogP contribution in [0.15, 0.2) is 17.1 Å². The third-order valence-corrected chi connectivity index (χ3v) is 4.59. The highest BCUT2D eigenvalue weighted by atomic mass is 16.5. The second-order valence-corrected chi connectivity index (χ2v) is 6.28. The van der Waals surface area contributed by atoms with Gasteiger partial charge in [-0.25, -0.2) is 0 Å². The summed E-state index contributed by atoms with van der Waals surface area (Å²) in [6.45, 7) is 3.92. The van der Waals surface area contributed by atoms with Gasteiger partial charge >= 0.3 is 0 Å². The van der Waals surface area contributed by atoms with E-state index in [2.05, 4.69) is 15.6 Å². The number of benzene rings is 1. The lowest BCUT2D eigenvalue weighted by molar-refractivity contribution is -0.129. The van der Waals surface area contributed by atoms with Crippen molar-refractivity contribution in [3.8, 4) is 17.2 Å². The monoisotopic (exact) mass is 378 g/mol. The number of carbonyl (C=O) groups is 1. The maximum atomic E-state index is 11.8. The lowest BCUT2D eigenvalue weighted by Crippen LogP contribution is -2.44. The first-order valence-corrected chi connectivity index (χ1v) is 9.10. The van der Waals surface area contributed by atoms with Gasteiger partial charge in [-0.3, -0.25) is 9.79 Å². The summed E-state index contributed by atoms with van der Waals surface area (Å²) in [5.74, 6) is 2.68. The third kappa shape index (κ3) is 5.18. The van der Waals surface area contributed by atoms with Crippen LogP contribution < -0.4 is 24.8 Å². The highest BCUT2D eigenvalue weighted by Gasteiger charge is 2.25. The summed E-state index contributed by atoms with van der Waals surface area (Å²) in [6, 6.07) is 4.00. The largest absolute Gasteiger partial charge is 0.493 e. The predicted molar refractivity (Wildman–Crippen MR) is 105 cm³/mol. The second kappa shape index (κ2) is 9.89. The van der Waals surface area contributed by atoms with E-state index in [0.29, 0.717) is 42.7 Å². The zero-order chi connectivity index (χ0) is 19.8. The summed E-state index contributed by atoms with van der Waals surface area (Å²) in [6.07, 6.45) is 1.46. The Morgan fingerprint density at radius 3 is 2.41 bits per heavy atom. The number of nitrogens with zero attached hydrogens (tertiary/aromatic N) is 2. The fourth-order valence-corrected chi connectivity index (χ4v) is 3.14. The van der Waals surface area contributed by atoms with Gasteiger partial charge in [-0.05, 0) is 24.1 Å². The van der Waals surface area contributed by atoms with Gasteiger partial charge < -0.3 is 29.7 Å². The molecule has 2 N–H and O–H groups in total.